The third kappa shape index (κ3) is 4.44. The fourth-order valence-corrected chi connectivity index (χ4v) is 3.18. The van der Waals surface area contributed by atoms with Crippen LogP contribution in [0.3, 0.4) is 0 Å². The van der Waals surface area contributed by atoms with Crippen molar-refractivity contribution in [3.63, 3.8) is 0 Å². The van der Waals surface area contributed by atoms with E-state index in [1.165, 1.54) is 6.26 Å². The molecule has 0 aliphatic rings. The Balaban J connectivity index is 1.41. The van der Waals surface area contributed by atoms with Gasteiger partial charge in [0.25, 0.3) is 11.1 Å². The maximum absolute atomic E-state index is 12.7. The second-order valence-corrected chi connectivity index (χ2v) is 6.85. The van der Waals surface area contributed by atoms with Crippen LogP contribution in [0.1, 0.15) is 15.9 Å². The summed E-state index contributed by atoms with van der Waals surface area (Å²) < 4.78 is 10.7. The molecule has 0 aliphatic heterocycles. The van der Waals surface area contributed by atoms with E-state index in [9.17, 15) is 9.59 Å². The van der Waals surface area contributed by atoms with Gasteiger partial charge in [0.15, 0.2) is 11.5 Å². The number of nitrogens with zero attached hydrogens (tertiary/aromatic N) is 2. The minimum absolute atomic E-state index is 0.0493. The van der Waals surface area contributed by atoms with Crippen molar-refractivity contribution in [2.75, 3.05) is 11.1 Å². The second kappa shape index (κ2) is 8.57. The van der Waals surface area contributed by atoms with E-state index in [-0.39, 0.29) is 28.6 Å². The topological polar surface area (TPSA) is 98.2 Å². The molecule has 4 aromatic rings. The smallest absolute Gasteiger partial charge is 0.284 e. The Labute approximate surface area is 170 Å². The number of thioether (sulfide) groups is 1. The molecule has 0 bridgehead atoms. The summed E-state index contributed by atoms with van der Waals surface area (Å²) in [5.74, 6) is 0.308. The van der Waals surface area contributed by atoms with Crippen molar-refractivity contribution in [1.82, 2.24) is 10.2 Å². The molecule has 0 spiro atoms. The van der Waals surface area contributed by atoms with E-state index in [0.29, 0.717) is 22.6 Å². The Bertz CT molecular complexity index is 1120. The van der Waals surface area contributed by atoms with E-state index in [1.54, 1.807) is 60.7 Å². The Hall–Kier alpha value is -3.65. The Morgan fingerprint density at radius 3 is 2.52 bits per heavy atom. The SMILES string of the molecule is O=C(CSc1nnc(-c2ccco2)o1)Nc1ccccc1C(=O)c1ccccc1. The maximum Gasteiger partial charge on any atom is 0.284 e. The largest absolute Gasteiger partial charge is 0.459 e. The number of furan rings is 1. The van der Waals surface area contributed by atoms with Crippen LogP contribution in [0, 0.1) is 0 Å². The number of amides is 1. The predicted octanol–water partition coefficient (Wildman–Crippen LogP) is 4.29. The summed E-state index contributed by atoms with van der Waals surface area (Å²) in [5, 5.41) is 10.8. The van der Waals surface area contributed by atoms with Gasteiger partial charge in [-0.15, -0.1) is 10.2 Å². The van der Waals surface area contributed by atoms with Crippen molar-refractivity contribution >= 4 is 29.1 Å². The van der Waals surface area contributed by atoms with Gasteiger partial charge < -0.3 is 14.2 Å². The summed E-state index contributed by atoms with van der Waals surface area (Å²) >= 11 is 1.10. The van der Waals surface area contributed by atoms with Gasteiger partial charge in [0, 0.05) is 11.1 Å². The molecule has 2 heterocycles. The third-order valence-corrected chi connectivity index (χ3v) is 4.77. The van der Waals surface area contributed by atoms with E-state index < -0.39 is 0 Å². The van der Waals surface area contributed by atoms with Gasteiger partial charge in [-0.25, -0.2) is 0 Å². The normalized spacial score (nSPS) is 10.6. The average Bonchev–Trinajstić information content (AvgIpc) is 3.45. The maximum atomic E-state index is 12.7. The number of anilines is 1. The standard InChI is InChI=1S/C21H15N3O4S/c25-18(13-29-21-24-23-20(28-21)17-11-6-12-27-17)22-16-10-5-4-9-15(16)19(26)14-7-2-1-3-8-14/h1-12H,13H2,(H,22,25). The lowest BCUT2D eigenvalue weighted by Crippen LogP contribution is -2.17. The van der Waals surface area contributed by atoms with Crippen molar-refractivity contribution in [3.05, 3.63) is 84.1 Å². The number of ketones is 1. The molecule has 144 valence electrons. The number of hydrogen-bond acceptors (Lipinski definition) is 7. The number of aromatic nitrogens is 2. The summed E-state index contributed by atoms with van der Waals surface area (Å²) in [6.07, 6.45) is 1.51. The van der Waals surface area contributed by atoms with Crippen LogP contribution >= 0.6 is 11.8 Å². The zero-order chi connectivity index (χ0) is 20.1. The second-order valence-electron chi connectivity index (χ2n) is 5.93. The number of rotatable bonds is 7. The van der Waals surface area contributed by atoms with Crippen molar-refractivity contribution in [3.8, 4) is 11.7 Å². The zero-order valence-corrected chi connectivity index (χ0v) is 15.9. The highest BCUT2D eigenvalue weighted by molar-refractivity contribution is 7.99. The van der Waals surface area contributed by atoms with E-state index in [1.807, 2.05) is 6.07 Å². The molecule has 0 radical (unpaired) electrons. The van der Waals surface area contributed by atoms with Crippen LogP contribution in [-0.4, -0.2) is 27.6 Å². The Morgan fingerprint density at radius 1 is 0.931 bits per heavy atom. The molecule has 0 saturated carbocycles. The van der Waals surface area contributed by atoms with E-state index >= 15 is 0 Å². The lowest BCUT2D eigenvalue weighted by molar-refractivity contribution is -0.113. The quantitative estimate of drug-likeness (QED) is 0.362. The Kier molecular flexibility index (Phi) is 5.53. The monoisotopic (exact) mass is 405 g/mol. The van der Waals surface area contributed by atoms with E-state index in [4.69, 9.17) is 8.83 Å². The molecule has 0 saturated heterocycles. The number of hydrogen-bond donors (Lipinski definition) is 1. The molecule has 7 nitrogen and oxygen atoms in total. The van der Waals surface area contributed by atoms with Gasteiger partial charge in [-0.2, -0.15) is 0 Å². The van der Waals surface area contributed by atoms with Crippen LogP contribution in [-0.2, 0) is 4.79 Å². The average molecular weight is 405 g/mol. The van der Waals surface area contributed by atoms with Crippen LogP contribution in [0.4, 0.5) is 5.69 Å². The van der Waals surface area contributed by atoms with Gasteiger partial charge in [0.2, 0.25) is 5.91 Å². The predicted molar refractivity (Wildman–Crippen MR) is 108 cm³/mol. The Morgan fingerprint density at radius 2 is 1.72 bits per heavy atom. The first-order chi connectivity index (χ1) is 14.2. The minimum atomic E-state index is -0.291. The van der Waals surface area contributed by atoms with Crippen molar-refractivity contribution in [2.45, 2.75) is 5.22 Å². The van der Waals surface area contributed by atoms with Crippen LogP contribution < -0.4 is 5.32 Å². The number of carbonyl (C=O) groups is 2. The van der Waals surface area contributed by atoms with Crippen LogP contribution in [0.5, 0.6) is 0 Å². The first kappa shape index (κ1) is 18.7. The van der Waals surface area contributed by atoms with Crippen LogP contribution in [0.2, 0.25) is 0 Å². The first-order valence-corrected chi connectivity index (χ1v) is 9.68. The van der Waals surface area contributed by atoms with Crippen molar-refractivity contribution in [2.24, 2.45) is 0 Å². The molecule has 1 N–H and O–H groups in total. The third-order valence-electron chi connectivity index (χ3n) is 3.95. The molecule has 0 unspecified atom stereocenters. The fourth-order valence-electron chi connectivity index (χ4n) is 2.62. The van der Waals surface area contributed by atoms with E-state index in [0.717, 1.165) is 11.8 Å². The molecule has 0 atom stereocenters. The first-order valence-electron chi connectivity index (χ1n) is 8.69. The molecule has 29 heavy (non-hydrogen) atoms. The summed E-state index contributed by atoms with van der Waals surface area (Å²) in [6.45, 7) is 0. The summed E-state index contributed by atoms with van der Waals surface area (Å²) in [7, 11) is 0. The van der Waals surface area contributed by atoms with Gasteiger partial charge in [-0.3, -0.25) is 9.59 Å². The summed E-state index contributed by atoms with van der Waals surface area (Å²) in [6, 6.07) is 19.2. The van der Waals surface area contributed by atoms with Gasteiger partial charge in [-0.05, 0) is 24.3 Å². The van der Waals surface area contributed by atoms with Crippen LogP contribution in [0.25, 0.3) is 11.7 Å². The van der Waals surface area contributed by atoms with Gasteiger partial charge >= 0.3 is 0 Å². The molecule has 2 aromatic carbocycles. The lowest BCUT2D eigenvalue weighted by atomic mass is 10.0. The number of para-hydroxylation sites is 1. The fraction of sp³-hybridized carbons (Fsp3) is 0.0476. The molecule has 0 fully saturated rings. The van der Waals surface area contributed by atoms with E-state index in [2.05, 4.69) is 15.5 Å². The summed E-state index contributed by atoms with van der Waals surface area (Å²) in [4.78, 5) is 25.1. The molecule has 2 aromatic heterocycles. The highest BCUT2D eigenvalue weighted by atomic mass is 32.2. The van der Waals surface area contributed by atoms with Crippen molar-refractivity contribution < 1.29 is 18.4 Å². The minimum Gasteiger partial charge on any atom is -0.459 e. The number of carbonyl (C=O) groups excluding carboxylic acids is 2. The molecule has 0 aliphatic carbocycles. The zero-order valence-electron chi connectivity index (χ0n) is 15.1. The van der Waals surface area contributed by atoms with Gasteiger partial charge in [-0.1, -0.05) is 54.2 Å². The molecular formula is C21H15N3O4S. The molecule has 4 rings (SSSR count). The highest BCUT2D eigenvalue weighted by Gasteiger charge is 2.16. The van der Waals surface area contributed by atoms with Crippen LogP contribution in [0.15, 0.2) is 87.1 Å². The van der Waals surface area contributed by atoms with Gasteiger partial charge in [0.1, 0.15) is 0 Å². The lowest BCUT2D eigenvalue weighted by Gasteiger charge is -2.10. The number of benzene rings is 2. The number of nitrogens with one attached hydrogen (secondary N) is 1. The van der Waals surface area contributed by atoms with Gasteiger partial charge in [0.05, 0.1) is 17.7 Å². The molecule has 8 heteroatoms. The summed E-state index contributed by atoms with van der Waals surface area (Å²) in [5.41, 5.74) is 1.43. The highest BCUT2D eigenvalue weighted by Crippen LogP contribution is 2.24. The molecular weight excluding hydrogens is 390 g/mol. The molecule has 1 amide bonds. The van der Waals surface area contributed by atoms with Crippen molar-refractivity contribution in [1.29, 1.82) is 0 Å².